The Bertz CT molecular complexity index is 1010. The quantitative estimate of drug-likeness (QED) is 0.484. The number of carbonyl (C=O) groups is 3. The number of rotatable bonds is 11. The van der Waals surface area contributed by atoms with Crippen molar-refractivity contribution in [1.29, 1.82) is 0 Å². The monoisotopic (exact) mass is 467 g/mol. The predicted octanol–water partition coefficient (Wildman–Crippen LogP) is 4.70. The van der Waals surface area contributed by atoms with Crippen molar-refractivity contribution in [1.82, 2.24) is 4.90 Å². The predicted molar refractivity (Wildman–Crippen MR) is 131 cm³/mol. The number of imide groups is 1. The molecule has 8 heteroatoms. The van der Waals surface area contributed by atoms with Gasteiger partial charge in [-0.2, -0.15) is 0 Å². The third kappa shape index (κ3) is 6.07. The fourth-order valence-corrected chi connectivity index (χ4v) is 3.71. The van der Waals surface area contributed by atoms with Crippen LogP contribution in [0.15, 0.2) is 48.5 Å². The molecule has 1 atom stereocenters. The summed E-state index contributed by atoms with van der Waals surface area (Å²) in [5.41, 5.74) is 1.03. The Balaban J connectivity index is 1.75. The maximum absolute atomic E-state index is 13.3. The van der Waals surface area contributed by atoms with Crippen LogP contribution in [0.2, 0.25) is 0 Å². The lowest BCUT2D eigenvalue weighted by Gasteiger charge is -2.22. The summed E-state index contributed by atoms with van der Waals surface area (Å²) in [6, 6.07) is 12.6. The molecular formula is C26H33N3O5. The zero-order chi connectivity index (χ0) is 24.7. The molecule has 0 aromatic heterocycles. The van der Waals surface area contributed by atoms with E-state index in [1.54, 1.807) is 48.5 Å². The minimum absolute atomic E-state index is 0.128. The second-order valence-electron chi connectivity index (χ2n) is 8.67. The van der Waals surface area contributed by atoms with Crippen molar-refractivity contribution >= 4 is 29.2 Å². The lowest BCUT2D eigenvalue weighted by molar-refractivity contribution is -0.124. The van der Waals surface area contributed by atoms with Crippen LogP contribution in [0.1, 0.15) is 40.0 Å². The molecule has 1 N–H and O–H groups in total. The lowest BCUT2D eigenvalue weighted by atomic mass is 10.1. The van der Waals surface area contributed by atoms with Crippen LogP contribution in [0.3, 0.4) is 0 Å². The number of hydrogen-bond acceptors (Lipinski definition) is 5. The molecule has 8 nitrogen and oxygen atoms in total. The van der Waals surface area contributed by atoms with Crippen molar-refractivity contribution in [2.75, 3.05) is 30.5 Å². The largest absolute Gasteiger partial charge is 0.497 e. The first-order valence-electron chi connectivity index (χ1n) is 11.6. The number of amides is 4. The highest BCUT2D eigenvalue weighted by molar-refractivity contribution is 6.22. The summed E-state index contributed by atoms with van der Waals surface area (Å²) in [7, 11) is 1.53. The number of benzene rings is 2. The Hall–Kier alpha value is -3.55. The van der Waals surface area contributed by atoms with E-state index in [1.165, 1.54) is 12.0 Å². The topological polar surface area (TPSA) is 88.2 Å². The van der Waals surface area contributed by atoms with E-state index in [0.717, 1.165) is 23.5 Å². The van der Waals surface area contributed by atoms with Gasteiger partial charge in [0.1, 0.15) is 17.5 Å². The molecule has 0 spiro atoms. The first-order valence-corrected chi connectivity index (χ1v) is 11.6. The lowest BCUT2D eigenvalue weighted by Crippen LogP contribution is -2.39. The van der Waals surface area contributed by atoms with Gasteiger partial charge in [0.25, 0.3) is 5.91 Å². The normalized spacial score (nSPS) is 15.7. The summed E-state index contributed by atoms with van der Waals surface area (Å²) in [6.07, 6.45) is 1.51. The van der Waals surface area contributed by atoms with E-state index < -0.39 is 18.0 Å². The Kier molecular flexibility index (Phi) is 8.51. The van der Waals surface area contributed by atoms with Gasteiger partial charge < -0.3 is 19.7 Å². The van der Waals surface area contributed by atoms with E-state index in [1.807, 2.05) is 6.92 Å². The number of nitrogens with one attached hydrogen (secondary N) is 1. The van der Waals surface area contributed by atoms with Gasteiger partial charge >= 0.3 is 6.03 Å². The molecule has 1 saturated heterocycles. The third-order valence-corrected chi connectivity index (χ3v) is 5.57. The second kappa shape index (κ2) is 11.5. The molecule has 1 heterocycles. The highest BCUT2D eigenvalue weighted by Crippen LogP contribution is 2.30. The summed E-state index contributed by atoms with van der Waals surface area (Å²) in [5.74, 6) is 0.858. The molecule has 1 aliphatic heterocycles. The third-order valence-electron chi connectivity index (χ3n) is 5.57. The number of anilines is 2. The number of ether oxygens (including phenoxy) is 2. The first kappa shape index (κ1) is 25.1. The molecule has 0 unspecified atom stereocenters. The summed E-state index contributed by atoms with van der Waals surface area (Å²) in [6.45, 7) is 7.16. The highest BCUT2D eigenvalue weighted by Gasteiger charge is 2.46. The SMILES string of the molecule is CCCOc1ccc(NC(=O)C[C@H]2C(=O)N(c3cccc(OC)c3)C(=O)N2CCC(C)C)cc1. The molecule has 3 rings (SSSR count). The van der Waals surface area contributed by atoms with E-state index in [2.05, 4.69) is 19.2 Å². The number of nitrogens with zero attached hydrogens (tertiary/aromatic N) is 2. The molecule has 0 radical (unpaired) electrons. The number of hydrogen-bond donors (Lipinski definition) is 1. The zero-order valence-electron chi connectivity index (χ0n) is 20.2. The van der Waals surface area contributed by atoms with Gasteiger partial charge in [0.15, 0.2) is 0 Å². The second-order valence-corrected chi connectivity index (χ2v) is 8.67. The fourth-order valence-electron chi connectivity index (χ4n) is 3.71. The summed E-state index contributed by atoms with van der Waals surface area (Å²) >= 11 is 0. The molecule has 2 aromatic rings. The van der Waals surface area contributed by atoms with Gasteiger partial charge in [-0.25, -0.2) is 9.69 Å². The van der Waals surface area contributed by atoms with Gasteiger partial charge in [-0.15, -0.1) is 0 Å². The summed E-state index contributed by atoms with van der Waals surface area (Å²) in [4.78, 5) is 42.1. The van der Waals surface area contributed by atoms with Crippen LogP contribution in [-0.2, 0) is 9.59 Å². The molecular weight excluding hydrogens is 434 g/mol. The maximum atomic E-state index is 13.3. The van der Waals surface area contributed by atoms with Crippen molar-refractivity contribution in [3.05, 3.63) is 48.5 Å². The van der Waals surface area contributed by atoms with E-state index in [-0.39, 0.29) is 12.3 Å². The van der Waals surface area contributed by atoms with Crippen molar-refractivity contribution < 1.29 is 23.9 Å². The first-order chi connectivity index (χ1) is 16.3. The number of urea groups is 1. The average Bonchev–Trinajstić information content (AvgIpc) is 3.05. The van der Waals surface area contributed by atoms with Crippen molar-refractivity contribution in [2.45, 2.75) is 46.1 Å². The number of carbonyl (C=O) groups excluding carboxylic acids is 3. The summed E-state index contributed by atoms with van der Waals surface area (Å²) in [5, 5.41) is 2.82. The van der Waals surface area contributed by atoms with Crippen LogP contribution in [0.4, 0.5) is 16.2 Å². The fraction of sp³-hybridized carbons (Fsp3) is 0.423. The molecule has 182 valence electrons. The average molecular weight is 468 g/mol. The molecule has 4 amide bonds. The minimum atomic E-state index is -0.871. The van der Waals surface area contributed by atoms with E-state index >= 15 is 0 Å². The molecule has 0 saturated carbocycles. The van der Waals surface area contributed by atoms with E-state index in [0.29, 0.717) is 36.2 Å². The van der Waals surface area contributed by atoms with Crippen molar-refractivity contribution in [2.24, 2.45) is 5.92 Å². The highest BCUT2D eigenvalue weighted by atomic mass is 16.5. The van der Waals surface area contributed by atoms with Crippen LogP contribution in [0, 0.1) is 5.92 Å². The standard InChI is InChI=1S/C26H33N3O5/c1-5-15-34-21-11-9-19(10-12-21)27-24(30)17-23-25(31)29(20-7-6-8-22(16-20)33-4)26(32)28(23)14-13-18(2)3/h6-12,16,18,23H,5,13-15,17H2,1-4H3,(H,27,30)/t23-/m0/s1. The zero-order valence-corrected chi connectivity index (χ0v) is 20.2. The molecule has 1 fully saturated rings. The smallest absolute Gasteiger partial charge is 0.332 e. The van der Waals surface area contributed by atoms with Crippen LogP contribution < -0.4 is 19.7 Å². The van der Waals surface area contributed by atoms with Crippen LogP contribution in [0.25, 0.3) is 0 Å². The Labute approximate surface area is 200 Å². The van der Waals surface area contributed by atoms with Gasteiger partial charge in [0.05, 0.1) is 25.8 Å². The maximum Gasteiger partial charge on any atom is 0.332 e. The van der Waals surface area contributed by atoms with Gasteiger partial charge in [-0.1, -0.05) is 26.8 Å². The minimum Gasteiger partial charge on any atom is -0.497 e. The van der Waals surface area contributed by atoms with Crippen LogP contribution >= 0.6 is 0 Å². The van der Waals surface area contributed by atoms with Gasteiger partial charge in [0, 0.05) is 18.3 Å². The van der Waals surface area contributed by atoms with Gasteiger partial charge in [0.2, 0.25) is 5.91 Å². The molecule has 1 aliphatic rings. The summed E-state index contributed by atoms with van der Waals surface area (Å²) < 4.78 is 10.8. The van der Waals surface area contributed by atoms with Crippen molar-refractivity contribution in [3.63, 3.8) is 0 Å². The molecule has 0 aliphatic carbocycles. The van der Waals surface area contributed by atoms with Crippen LogP contribution in [-0.4, -0.2) is 49.0 Å². The van der Waals surface area contributed by atoms with Crippen molar-refractivity contribution in [3.8, 4) is 11.5 Å². The Morgan fingerprint density at radius 1 is 1.09 bits per heavy atom. The van der Waals surface area contributed by atoms with Crippen LogP contribution in [0.5, 0.6) is 11.5 Å². The van der Waals surface area contributed by atoms with Gasteiger partial charge in [-0.05, 0) is 55.2 Å². The van der Waals surface area contributed by atoms with Gasteiger partial charge in [-0.3, -0.25) is 9.59 Å². The Morgan fingerprint density at radius 2 is 1.82 bits per heavy atom. The molecule has 0 bridgehead atoms. The molecule has 34 heavy (non-hydrogen) atoms. The molecule has 2 aromatic carbocycles. The Morgan fingerprint density at radius 3 is 2.47 bits per heavy atom. The van der Waals surface area contributed by atoms with E-state index in [4.69, 9.17) is 9.47 Å². The van der Waals surface area contributed by atoms with E-state index in [9.17, 15) is 14.4 Å². The number of methoxy groups -OCH3 is 1.